The van der Waals surface area contributed by atoms with Gasteiger partial charge in [0, 0.05) is 25.7 Å². The number of hydrogen-bond acceptors (Lipinski definition) is 10. The second kappa shape index (κ2) is 16.6. The fourth-order valence-electron chi connectivity index (χ4n) is 8.63. The molecule has 10 nitrogen and oxygen atoms in total. The molecule has 0 radical (unpaired) electrons. The van der Waals surface area contributed by atoms with E-state index in [1.54, 1.807) is 127 Å². The van der Waals surface area contributed by atoms with E-state index in [2.05, 4.69) is 0 Å². The number of aliphatic hydroxyl groups excluding tert-OH is 3. The Morgan fingerprint density at radius 3 is 1.62 bits per heavy atom. The van der Waals surface area contributed by atoms with Crippen molar-refractivity contribution in [3.8, 4) is 5.75 Å². The summed E-state index contributed by atoms with van der Waals surface area (Å²) in [5.41, 5.74) is -5.88. The van der Waals surface area contributed by atoms with Crippen LogP contribution in [0.3, 0.4) is 0 Å². The van der Waals surface area contributed by atoms with Crippen LogP contribution >= 0.6 is 0 Å². The van der Waals surface area contributed by atoms with Crippen molar-refractivity contribution in [3.05, 3.63) is 191 Å². The molecule has 1 saturated heterocycles. The second-order valence-electron chi connectivity index (χ2n) is 15.3. The van der Waals surface area contributed by atoms with Gasteiger partial charge in [0.25, 0.3) is 0 Å². The summed E-state index contributed by atoms with van der Waals surface area (Å²) in [5.74, 6) is -4.85. The molecule has 1 heterocycles. The van der Waals surface area contributed by atoms with E-state index >= 15 is 0 Å². The van der Waals surface area contributed by atoms with Crippen LogP contribution in [-0.2, 0) is 40.0 Å². The van der Waals surface area contributed by atoms with E-state index in [0.717, 1.165) is 6.08 Å². The van der Waals surface area contributed by atoms with Crippen LogP contribution < -0.4 is 0 Å². The van der Waals surface area contributed by atoms with Gasteiger partial charge in [0.1, 0.15) is 52.2 Å². The minimum atomic E-state index is -2.67. The number of aromatic hydroxyl groups is 1. The molecule has 5 aromatic rings. The number of rotatable bonds is 12. The van der Waals surface area contributed by atoms with E-state index in [1.165, 1.54) is 18.2 Å². The minimum absolute atomic E-state index is 0.0115. The van der Waals surface area contributed by atoms with Gasteiger partial charge in [-0.2, -0.15) is 0 Å². The number of ether oxygens (including phenoxy) is 1. The SMILES string of the molecule is O=C1/C(=C(/O)C=Cc2ccc(O)cc2)C(=O)C(C2O[C@H](C(O)Cc3ccccc3)[C@](O)(Cc3ccccc3)[C@@](O)(Cc3ccccc3)[C@]2(O)Cc2ccccc2)C1O. The molecule has 0 aromatic heterocycles. The fourth-order valence-corrected chi connectivity index (χ4v) is 8.63. The number of phenolic OH excluding ortho intramolecular Hbond substituents is 1. The molecule has 2 aliphatic rings. The van der Waals surface area contributed by atoms with E-state index < -0.39 is 82.9 Å². The van der Waals surface area contributed by atoms with Crippen molar-refractivity contribution in [2.45, 2.75) is 66.9 Å². The van der Waals surface area contributed by atoms with E-state index in [1.807, 2.05) is 6.07 Å². The zero-order valence-electron chi connectivity index (χ0n) is 31.6. The van der Waals surface area contributed by atoms with Gasteiger partial charge in [-0.25, -0.2) is 0 Å². The van der Waals surface area contributed by atoms with Gasteiger partial charge in [0.05, 0.1) is 12.0 Å². The van der Waals surface area contributed by atoms with Gasteiger partial charge >= 0.3 is 0 Å². The van der Waals surface area contributed by atoms with Crippen molar-refractivity contribution < 1.29 is 50.1 Å². The van der Waals surface area contributed by atoms with E-state index in [9.17, 15) is 45.3 Å². The third-order valence-corrected chi connectivity index (χ3v) is 11.6. The molecule has 0 spiro atoms. The summed E-state index contributed by atoms with van der Waals surface area (Å²) in [6, 6.07) is 40.8. The molecule has 7 rings (SSSR count). The molecule has 8 atom stereocenters. The van der Waals surface area contributed by atoms with Gasteiger partial charge in [-0.3, -0.25) is 9.59 Å². The number of allylic oxidation sites excluding steroid dienone is 1. The number of benzene rings is 5. The Morgan fingerprint density at radius 2 is 1.10 bits per heavy atom. The number of Topliss-reactive ketones (excluding diaryl/α,β-unsaturated/α-hetero) is 2. The number of carbonyl (C=O) groups is 2. The Bertz CT molecular complexity index is 2260. The van der Waals surface area contributed by atoms with E-state index in [4.69, 9.17) is 4.74 Å². The Morgan fingerprint density at radius 1 is 0.638 bits per heavy atom. The van der Waals surface area contributed by atoms with Crippen LogP contribution in [0.1, 0.15) is 27.8 Å². The number of aliphatic hydroxyl groups is 6. The van der Waals surface area contributed by atoms with Gasteiger partial charge in [0.2, 0.25) is 0 Å². The van der Waals surface area contributed by atoms with Crippen molar-refractivity contribution >= 4 is 17.6 Å². The first-order chi connectivity index (χ1) is 27.8. The van der Waals surface area contributed by atoms with Gasteiger partial charge in [-0.15, -0.1) is 0 Å². The summed E-state index contributed by atoms with van der Waals surface area (Å²) >= 11 is 0. The highest BCUT2D eigenvalue weighted by atomic mass is 16.6. The second-order valence-corrected chi connectivity index (χ2v) is 15.3. The smallest absolute Gasteiger partial charge is 0.199 e. The van der Waals surface area contributed by atoms with Gasteiger partial charge in [-0.1, -0.05) is 140 Å². The first-order valence-corrected chi connectivity index (χ1v) is 19.2. The average molecular weight is 783 g/mol. The summed E-state index contributed by atoms with van der Waals surface area (Å²) in [6.07, 6.45) is -6.13. The third-order valence-electron chi connectivity index (χ3n) is 11.6. The number of carbonyl (C=O) groups excluding carboxylic acids is 2. The highest BCUT2D eigenvalue weighted by Gasteiger charge is 2.74. The molecule has 4 unspecified atom stereocenters. The summed E-state index contributed by atoms with van der Waals surface area (Å²) in [5, 5.41) is 85.5. The largest absolute Gasteiger partial charge is 0.508 e. The Balaban J connectivity index is 1.43. The topological polar surface area (TPSA) is 185 Å². The van der Waals surface area contributed by atoms with Crippen LogP contribution in [0.5, 0.6) is 5.75 Å². The zero-order valence-corrected chi connectivity index (χ0v) is 31.6. The van der Waals surface area contributed by atoms with E-state index in [0.29, 0.717) is 27.8 Å². The Hall–Kier alpha value is -5.72. The van der Waals surface area contributed by atoms with Crippen molar-refractivity contribution in [2.24, 2.45) is 5.92 Å². The number of hydrogen-bond donors (Lipinski definition) is 7. The van der Waals surface area contributed by atoms with Crippen LogP contribution in [0.15, 0.2) is 163 Å². The average Bonchev–Trinajstić information content (AvgIpc) is 3.44. The lowest BCUT2D eigenvalue weighted by atomic mass is 9.55. The lowest BCUT2D eigenvalue weighted by Gasteiger charge is -2.63. The first kappa shape index (κ1) is 40.5. The highest BCUT2D eigenvalue weighted by molar-refractivity contribution is 6.29. The predicted molar refractivity (Wildman–Crippen MR) is 216 cm³/mol. The molecule has 298 valence electrons. The van der Waals surface area contributed by atoms with Crippen molar-refractivity contribution in [3.63, 3.8) is 0 Å². The van der Waals surface area contributed by atoms with Crippen molar-refractivity contribution in [1.82, 2.24) is 0 Å². The van der Waals surface area contributed by atoms with Gasteiger partial charge in [-0.05, 0) is 46.0 Å². The van der Waals surface area contributed by atoms with Crippen LogP contribution in [0, 0.1) is 5.92 Å². The maximum Gasteiger partial charge on any atom is 0.199 e. The molecule has 1 saturated carbocycles. The lowest BCUT2D eigenvalue weighted by molar-refractivity contribution is -0.372. The Kier molecular flexibility index (Phi) is 11.6. The first-order valence-electron chi connectivity index (χ1n) is 19.2. The van der Waals surface area contributed by atoms with Crippen LogP contribution in [0.4, 0.5) is 0 Å². The summed E-state index contributed by atoms with van der Waals surface area (Å²) in [4.78, 5) is 28.4. The Labute approximate surface area is 336 Å². The molecular weight excluding hydrogens is 737 g/mol. The fraction of sp³-hybridized carbons (Fsp3) is 0.250. The quantitative estimate of drug-likeness (QED) is 0.0535. The van der Waals surface area contributed by atoms with Crippen LogP contribution in [0.25, 0.3) is 6.08 Å². The molecule has 5 aromatic carbocycles. The monoisotopic (exact) mass is 782 g/mol. The minimum Gasteiger partial charge on any atom is -0.508 e. The molecule has 0 bridgehead atoms. The van der Waals surface area contributed by atoms with E-state index in [-0.39, 0.29) is 18.6 Å². The standard InChI is InChI=1S/C48H46O10/c49-36-24-21-31(22-25-36)23-26-37(50)39-41(52)40(43(54)42(39)53)45-47(56,29-34-17-9-3-10-18-34)48(57,30-35-19-11-4-12-20-35)46(55,28-33-15-7-2-8-16-33)44(58-45)38(51)27-32-13-5-1-6-14-32/h1-26,38,40,43-45,49-51,54-57H,27-30H2/b26-23?,39-37+/t38?,40?,43?,44-,45?,46-,47+,48+/m1/s1. The third kappa shape index (κ3) is 7.66. The zero-order chi connectivity index (χ0) is 41.1. The summed E-state index contributed by atoms with van der Waals surface area (Å²) in [6.45, 7) is 0. The molecular formula is C48H46O10. The van der Waals surface area contributed by atoms with Gasteiger partial charge < -0.3 is 40.5 Å². The predicted octanol–water partition coefficient (Wildman–Crippen LogP) is 4.64. The molecule has 2 fully saturated rings. The van der Waals surface area contributed by atoms with Gasteiger partial charge in [0.15, 0.2) is 11.6 Å². The molecule has 1 aliphatic carbocycles. The summed E-state index contributed by atoms with van der Waals surface area (Å²) in [7, 11) is 0. The number of ketones is 2. The van der Waals surface area contributed by atoms with Crippen molar-refractivity contribution in [2.75, 3.05) is 0 Å². The molecule has 10 heteroatoms. The molecule has 58 heavy (non-hydrogen) atoms. The number of phenols is 1. The maximum absolute atomic E-state index is 14.6. The molecule has 0 amide bonds. The van der Waals surface area contributed by atoms with Crippen LogP contribution in [0.2, 0.25) is 0 Å². The molecule has 1 aliphatic heterocycles. The summed E-state index contributed by atoms with van der Waals surface area (Å²) < 4.78 is 6.68. The maximum atomic E-state index is 14.6. The van der Waals surface area contributed by atoms with Crippen LogP contribution in [-0.4, -0.2) is 88.5 Å². The molecule has 7 N–H and O–H groups in total. The normalized spacial score (nSPS) is 28.8. The van der Waals surface area contributed by atoms with Crippen molar-refractivity contribution in [1.29, 1.82) is 0 Å². The lowest BCUT2D eigenvalue weighted by Crippen LogP contribution is -2.84. The highest BCUT2D eigenvalue weighted by Crippen LogP contribution is 2.53.